The van der Waals surface area contributed by atoms with E-state index in [1.807, 2.05) is 48.5 Å². The van der Waals surface area contributed by atoms with Gasteiger partial charge in [-0.05, 0) is 30.2 Å². The molecule has 0 aliphatic carbocycles. The summed E-state index contributed by atoms with van der Waals surface area (Å²) in [5.41, 5.74) is 3.88. The first-order chi connectivity index (χ1) is 12.7. The van der Waals surface area contributed by atoms with Crippen molar-refractivity contribution in [2.75, 3.05) is 7.11 Å². The molecule has 26 heavy (non-hydrogen) atoms. The first-order valence-electron chi connectivity index (χ1n) is 8.33. The van der Waals surface area contributed by atoms with Crippen LogP contribution in [0.25, 0.3) is 33.3 Å². The quantitative estimate of drug-likeness (QED) is 0.555. The van der Waals surface area contributed by atoms with Gasteiger partial charge >= 0.3 is 5.97 Å². The lowest BCUT2D eigenvalue weighted by Crippen LogP contribution is -2.13. The van der Waals surface area contributed by atoms with Crippen molar-refractivity contribution < 1.29 is 9.53 Å². The van der Waals surface area contributed by atoms with Gasteiger partial charge in [-0.3, -0.25) is 9.59 Å². The fraction of sp³-hybridized carbons (Fsp3) is 0.150. The van der Waals surface area contributed by atoms with Crippen molar-refractivity contribution in [3.63, 3.8) is 0 Å². The number of nitrogens with one attached hydrogen (secondary N) is 2. The number of aryl methyl sites for hydroxylation is 1. The standard InChI is InChI=1S/C20H17N3O3/c1-26-17(24)11-10-13-12-6-2-3-7-14(12)21-18(13)19-20(25)23-16-9-5-4-8-15(16)22-19/h2-9,21H,10-11H2,1H3,(H,23,25). The van der Waals surface area contributed by atoms with Crippen LogP contribution in [0.3, 0.4) is 0 Å². The Morgan fingerprint density at radius 3 is 2.58 bits per heavy atom. The molecular formula is C20H17N3O3. The number of hydrogen-bond donors (Lipinski definition) is 2. The molecule has 0 atom stereocenters. The number of nitrogens with zero attached hydrogens (tertiary/aromatic N) is 1. The number of benzene rings is 2. The smallest absolute Gasteiger partial charge is 0.305 e. The first kappa shape index (κ1) is 16.1. The van der Waals surface area contributed by atoms with Crippen molar-refractivity contribution in [3.8, 4) is 11.4 Å². The maximum atomic E-state index is 12.6. The number of rotatable bonds is 4. The highest BCUT2D eigenvalue weighted by Gasteiger charge is 2.18. The summed E-state index contributed by atoms with van der Waals surface area (Å²) in [6.45, 7) is 0. The first-order valence-corrected chi connectivity index (χ1v) is 8.33. The van der Waals surface area contributed by atoms with E-state index < -0.39 is 0 Å². The molecule has 0 saturated heterocycles. The maximum absolute atomic E-state index is 12.6. The van der Waals surface area contributed by atoms with Crippen LogP contribution in [-0.2, 0) is 16.0 Å². The largest absolute Gasteiger partial charge is 0.469 e. The lowest BCUT2D eigenvalue weighted by atomic mass is 10.0. The molecule has 0 unspecified atom stereocenters. The fourth-order valence-corrected chi connectivity index (χ4v) is 3.19. The van der Waals surface area contributed by atoms with Gasteiger partial charge in [-0.2, -0.15) is 0 Å². The summed E-state index contributed by atoms with van der Waals surface area (Å²) in [7, 11) is 1.37. The van der Waals surface area contributed by atoms with Crippen molar-refractivity contribution in [2.24, 2.45) is 0 Å². The number of aromatic amines is 2. The number of fused-ring (bicyclic) bond motifs is 2. The number of carbonyl (C=O) groups is 1. The predicted octanol–water partition coefficient (Wildman–Crippen LogP) is 3.18. The molecule has 6 nitrogen and oxygen atoms in total. The second-order valence-electron chi connectivity index (χ2n) is 6.03. The van der Waals surface area contributed by atoms with Gasteiger partial charge in [0.1, 0.15) is 0 Å². The van der Waals surface area contributed by atoms with Gasteiger partial charge in [0.25, 0.3) is 5.56 Å². The van der Waals surface area contributed by atoms with Crippen LogP contribution < -0.4 is 5.56 Å². The molecule has 2 aromatic carbocycles. The zero-order chi connectivity index (χ0) is 18.1. The number of carbonyl (C=O) groups excluding carboxylic acids is 1. The summed E-state index contributed by atoms with van der Waals surface area (Å²) in [4.78, 5) is 35.0. The molecule has 4 rings (SSSR count). The number of aromatic nitrogens is 3. The number of methoxy groups -OCH3 is 1. The van der Waals surface area contributed by atoms with Crippen LogP contribution >= 0.6 is 0 Å². The molecule has 0 radical (unpaired) electrons. The summed E-state index contributed by atoms with van der Waals surface area (Å²) in [6, 6.07) is 15.2. The average molecular weight is 347 g/mol. The number of ether oxygens (including phenoxy) is 1. The third kappa shape index (κ3) is 2.75. The molecule has 0 aliphatic rings. The van der Waals surface area contributed by atoms with Crippen molar-refractivity contribution in [1.29, 1.82) is 0 Å². The zero-order valence-corrected chi connectivity index (χ0v) is 14.2. The molecule has 6 heteroatoms. The highest BCUT2D eigenvalue weighted by molar-refractivity contribution is 5.91. The molecular weight excluding hydrogens is 330 g/mol. The lowest BCUT2D eigenvalue weighted by Gasteiger charge is -2.05. The maximum Gasteiger partial charge on any atom is 0.305 e. The van der Waals surface area contributed by atoms with Crippen molar-refractivity contribution in [3.05, 3.63) is 64.4 Å². The summed E-state index contributed by atoms with van der Waals surface area (Å²) >= 11 is 0. The molecule has 0 aliphatic heterocycles. The van der Waals surface area contributed by atoms with Gasteiger partial charge in [-0.1, -0.05) is 30.3 Å². The third-order valence-corrected chi connectivity index (χ3v) is 4.46. The molecule has 0 amide bonds. The predicted molar refractivity (Wildman–Crippen MR) is 100.0 cm³/mol. The summed E-state index contributed by atoms with van der Waals surface area (Å²) < 4.78 is 4.75. The number of hydrogen-bond acceptors (Lipinski definition) is 4. The molecule has 0 saturated carbocycles. The monoisotopic (exact) mass is 347 g/mol. The van der Waals surface area contributed by atoms with E-state index in [9.17, 15) is 9.59 Å². The van der Waals surface area contributed by atoms with Gasteiger partial charge in [0.15, 0.2) is 5.69 Å². The normalized spacial score (nSPS) is 11.1. The van der Waals surface area contributed by atoms with E-state index >= 15 is 0 Å². The Morgan fingerprint density at radius 1 is 1.04 bits per heavy atom. The van der Waals surface area contributed by atoms with Gasteiger partial charge in [0, 0.05) is 17.3 Å². The Hall–Kier alpha value is -3.41. The second kappa shape index (κ2) is 6.48. The van der Waals surface area contributed by atoms with Gasteiger partial charge in [0.2, 0.25) is 0 Å². The van der Waals surface area contributed by atoms with Crippen molar-refractivity contribution in [1.82, 2.24) is 15.0 Å². The lowest BCUT2D eigenvalue weighted by molar-refractivity contribution is -0.140. The summed E-state index contributed by atoms with van der Waals surface area (Å²) in [5.74, 6) is -0.290. The van der Waals surface area contributed by atoms with Crippen molar-refractivity contribution >= 4 is 27.9 Å². The second-order valence-corrected chi connectivity index (χ2v) is 6.03. The molecule has 0 fully saturated rings. The van der Waals surface area contributed by atoms with Gasteiger partial charge < -0.3 is 14.7 Å². The molecule has 0 bridgehead atoms. The van der Waals surface area contributed by atoms with Gasteiger partial charge in [0.05, 0.1) is 23.8 Å². The summed E-state index contributed by atoms with van der Waals surface area (Å²) in [5, 5.41) is 0.973. The van der Waals surface area contributed by atoms with Crippen LogP contribution in [-0.4, -0.2) is 28.0 Å². The molecule has 4 aromatic rings. The van der Waals surface area contributed by atoms with E-state index in [0.717, 1.165) is 16.5 Å². The Bertz CT molecular complexity index is 1170. The Morgan fingerprint density at radius 2 is 1.77 bits per heavy atom. The molecule has 2 heterocycles. The topological polar surface area (TPSA) is 87.8 Å². The van der Waals surface area contributed by atoms with Crippen LogP contribution in [0, 0.1) is 0 Å². The minimum absolute atomic E-state index is 0.233. The van der Waals surface area contributed by atoms with Crippen LogP contribution in [0.5, 0.6) is 0 Å². The highest BCUT2D eigenvalue weighted by atomic mass is 16.5. The highest BCUT2D eigenvalue weighted by Crippen LogP contribution is 2.29. The minimum atomic E-state index is -0.290. The van der Waals surface area contributed by atoms with E-state index in [1.54, 1.807) is 0 Å². The Balaban J connectivity index is 1.92. The molecule has 0 spiro atoms. The van der Waals surface area contributed by atoms with Gasteiger partial charge in [-0.15, -0.1) is 0 Å². The zero-order valence-electron chi connectivity index (χ0n) is 14.2. The van der Waals surface area contributed by atoms with Crippen LogP contribution in [0.2, 0.25) is 0 Å². The molecule has 130 valence electrons. The Labute approximate surface area is 148 Å². The van der Waals surface area contributed by atoms with E-state index in [4.69, 9.17) is 4.74 Å². The number of H-pyrrole nitrogens is 2. The van der Waals surface area contributed by atoms with Crippen LogP contribution in [0.4, 0.5) is 0 Å². The van der Waals surface area contributed by atoms with Crippen LogP contribution in [0.15, 0.2) is 53.3 Å². The van der Waals surface area contributed by atoms with E-state index in [2.05, 4.69) is 15.0 Å². The number of para-hydroxylation sites is 3. The SMILES string of the molecule is COC(=O)CCc1c(-c2nc3ccccc3[nH]c2=O)[nH]c2ccccc12. The number of esters is 1. The summed E-state index contributed by atoms with van der Waals surface area (Å²) in [6.07, 6.45) is 0.691. The van der Waals surface area contributed by atoms with E-state index in [0.29, 0.717) is 28.8 Å². The van der Waals surface area contributed by atoms with Crippen molar-refractivity contribution in [2.45, 2.75) is 12.8 Å². The van der Waals surface area contributed by atoms with Gasteiger partial charge in [-0.25, -0.2) is 4.98 Å². The van der Waals surface area contributed by atoms with E-state index in [1.165, 1.54) is 7.11 Å². The molecule has 2 aromatic heterocycles. The Kier molecular flexibility index (Phi) is 4.01. The average Bonchev–Trinajstić information content (AvgIpc) is 3.03. The molecule has 2 N–H and O–H groups in total. The van der Waals surface area contributed by atoms with E-state index in [-0.39, 0.29) is 17.9 Å². The fourth-order valence-electron chi connectivity index (χ4n) is 3.19. The van der Waals surface area contributed by atoms with Crippen LogP contribution in [0.1, 0.15) is 12.0 Å². The third-order valence-electron chi connectivity index (χ3n) is 4.46. The minimum Gasteiger partial charge on any atom is -0.469 e.